The van der Waals surface area contributed by atoms with Gasteiger partial charge in [0.2, 0.25) is 0 Å². The largest absolute Gasteiger partial charge is 0.480 e. The van der Waals surface area contributed by atoms with Crippen LogP contribution in [0.2, 0.25) is 0 Å². The van der Waals surface area contributed by atoms with Crippen molar-refractivity contribution in [1.29, 1.82) is 0 Å². The van der Waals surface area contributed by atoms with Crippen molar-refractivity contribution < 1.29 is 19.8 Å². The van der Waals surface area contributed by atoms with Gasteiger partial charge in [-0.3, -0.25) is 9.59 Å². The van der Waals surface area contributed by atoms with Crippen LogP contribution in [-0.2, 0) is 9.59 Å². The molecule has 0 aliphatic heterocycles. The van der Waals surface area contributed by atoms with Crippen LogP contribution in [0.25, 0.3) is 0 Å². The minimum absolute atomic E-state index is 0.0217. The smallest absolute Gasteiger partial charge is 0.321 e. The minimum Gasteiger partial charge on any atom is -0.480 e. The van der Waals surface area contributed by atoms with Crippen molar-refractivity contribution in [2.75, 3.05) is 0 Å². The maximum atomic E-state index is 11.5. The molecule has 0 aromatic heterocycles. The topological polar surface area (TPSA) is 74.6 Å². The summed E-state index contributed by atoms with van der Waals surface area (Å²) >= 11 is 0. The molecule has 0 fully saturated rings. The number of rotatable bonds is 7. The first-order valence-electron chi connectivity index (χ1n) is 6.11. The molecule has 0 atom stereocenters. The molecule has 0 aliphatic carbocycles. The van der Waals surface area contributed by atoms with Gasteiger partial charge in [-0.1, -0.05) is 47.5 Å². The SMILES string of the molecule is CCCCC(C(=O)O)(C(=O)O)C(C)(C)C(C)C. The standard InChI is InChI=1S/C13H24O4/c1-6-7-8-13(10(14)15,11(16)17)12(4,5)9(2)3/h9H,6-8H2,1-5H3,(H,14,15)(H,16,17). The molecule has 0 unspecified atom stereocenters. The summed E-state index contributed by atoms with van der Waals surface area (Å²) in [4.78, 5) is 23.1. The van der Waals surface area contributed by atoms with E-state index in [4.69, 9.17) is 0 Å². The van der Waals surface area contributed by atoms with E-state index in [1.807, 2.05) is 20.8 Å². The first kappa shape index (κ1) is 15.9. The predicted octanol–water partition coefficient (Wildman–Crippen LogP) is 3.01. The summed E-state index contributed by atoms with van der Waals surface area (Å²) in [5.74, 6) is -2.47. The number of carbonyl (C=O) groups is 2. The summed E-state index contributed by atoms with van der Waals surface area (Å²) in [6, 6.07) is 0. The van der Waals surface area contributed by atoms with E-state index in [1.54, 1.807) is 13.8 Å². The lowest BCUT2D eigenvalue weighted by molar-refractivity contribution is -0.178. The molecule has 4 heteroatoms. The maximum Gasteiger partial charge on any atom is 0.321 e. The van der Waals surface area contributed by atoms with Crippen LogP contribution in [0.3, 0.4) is 0 Å². The Morgan fingerprint density at radius 1 is 1.12 bits per heavy atom. The summed E-state index contributed by atoms with van der Waals surface area (Å²) in [6.07, 6.45) is 1.57. The van der Waals surface area contributed by atoms with Crippen molar-refractivity contribution in [3.63, 3.8) is 0 Å². The van der Waals surface area contributed by atoms with E-state index in [-0.39, 0.29) is 12.3 Å². The fourth-order valence-electron chi connectivity index (χ4n) is 2.11. The van der Waals surface area contributed by atoms with Crippen LogP contribution in [-0.4, -0.2) is 22.2 Å². The highest BCUT2D eigenvalue weighted by molar-refractivity contribution is 5.99. The number of aliphatic carboxylic acids is 2. The van der Waals surface area contributed by atoms with Crippen molar-refractivity contribution in [3.8, 4) is 0 Å². The number of hydrogen-bond acceptors (Lipinski definition) is 2. The molecule has 0 aromatic rings. The maximum absolute atomic E-state index is 11.5. The second-order valence-electron chi connectivity index (χ2n) is 5.50. The van der Waals surface area contributed by atoms with Crippen molar-refractivity contribution in [2.24, 2.45) is 16.7 Å². The first-order valence-corrected chi connectivity index (χ1v) is 6.11. The molecule has 17 heavy (non-hydrogen) atoms. The van der Waals surface area contributed by atoms with Gasteiger partial charge in [-0.15, -0.1) is 0 Å². The summed E-state index contributed by atoms with van der Waals surface area (Å²) < 4.78 is 0. The van der Waals surface area contributed by atoms with Crippen molar-refractivity contribution in [2.45, 2.75) is 53.9 Å². The molecule has 0 spiro atoms. The third-order valence-corrected chi connectivity index (χ3v) is 4.18. The lowest BCUT2D eigenvalue weighted by Crippen LogP contribution is -2.53. The lowest BCUT2D eigenvalue weighted by atomic mass is 9.58. The zero-order valence-corrected chi connectivity index (χ0v) is 11.4. The van der Waals surface area contributed by atoms with E-state index in [1.165, 1.54) is 0 Å². The Bertz CT molecular complexity index is 278. The van der Waals surface area contributed by atoms with Crippen LogP contribution in [0.15, 0.2) is 0 Å². The van der Waals surface area contributed by atoms with Crippen LogP contribution >= 0.6 is 0 Å². The summed E-state index contributed by atoms with van der Waals surface area (Å²) in [5, 5.41) is 18.8. The zero-order chi connectivity index (χ0) is 13.9. The van der Waals surface area contributed by atoms with E-state index in [0.717, 1.165) is 6.42 Å². The quantitative estimate of drug-likeness (QED) is 0.675. The average Bonchev–Trinajstić information content (AvgIpc) is 2.16. The average molecular weight is 244 g/mol. The third-order valence-electron chi connectivity index (χ3n) is 4.18. The number of carboxylic acid groups (broad SMARTS) is 2. The van der Waals surface area contributed by atoms with Crippen molar-refractivity contribution in [3.05, 3.63) is 0 Å². The molecule has 0 saturated carbocycles. The van der Waals surface area contributed by atoms with Crippen LogP contribution in [0.1, 0.15) is 53.9 Å². The Morgan fingerprint density at radius 2 is 1.53 bits per heavy atom. The van der Waals surface area contributed by atoms with Crippen molar-refractivity contribution >= 4 is 11.9 Å². The molecular weight excluding hydrogens is 220 g/mol. The van der Waals surface area contributed by atoms with E-state index in [9.17, 15) is 19.8 Å². The Labute approximate surface area is 103 Å². The molecule has 0 amide bonds. The molecule has 0 radical (unpaired) electrons. The van der Waals surface area contributed by atoms with Gasteiger partial charge in [0.25, 0.3) is 0 Å². The Hall–Kier alpha value is -1.06. The second-order valence-corrected chi connectivity index (χ2v) is 5.50. The Balaban J connectivity index is 5.63. The van der Waals surface area contributed by atoms with Gasteiger partial charge >= 0.3 is 11.9 Å². The van der Waals surface area contributed by atoms with Gasteiger partial charge in [-0.05, 0) is 17.8 Å². The fourth-order valence-corrected chi connectivity index (χ4v) is 2.11. The summed E-state index contributed by atoms with van der Waals surface area (Å²) in [6.45, 7) is 9.13. The highest BCUT2D eigenvalue weighted by Gasteiger charge is 2.58. The molecule has 0 rings (SSSR count). The molecule has 0 heterocycles. The number of unbranched alkanes of at least 4 members (excludes halogenated alkanes) is 1. The predicted molar refractivity (Wildman–Crippen MR) is 65.8 cm³/mol. The lowest BCUT2D eigenvalue weighted by Gasteiger charge is -2.43. The molecule has 4 nitrogen and oxygen atoms in total. The number of hydrogen-bond donors (Lipinski definition) is 2. The van der Waals surface area contributed by atoms with Crippen molar-refractivity contribution in [1.82, 2.24) is 0 Å². The summed E-state index contributed by atoms with van der Waals surface area (Å²) in [5.41, 5.74) is -2.49. The van der Waals surface area contributed by atoms with Crippen LogP contribution in [0.4, 0.5) is 0 Å². The van der Waals surface area contributed by atoms with Gasteiger partial charge in [0.05, 0.1) is 0 Å². The van der Waals surface area contributed by atoms with Gasteiger partial charge in [0, 0.05) is 0 Å². The highest BCUT2D eigenvalue weighted by Crippen LogP contribution is 2.48. The highest BCUT2D eigenvalue weighted by atomic mass is 16.4. The minimum atomic E-state index is -1.70. The molecular formula is C13H24O4. The molecule has 0 bridgehead atoms. The molecule has 0 saturated heterocycles. The fraction of sp³-hybridized carbons (Fsp3) is 0.846. The second kappa shape index (κ2) is 5.52. The zero-order valence-electron chi connectivity index (χ0n) is 11.4. The van der Waals surface area contributed by atoms with E-state index >= 15 is 0 Å². The molecule has 2 N–H and O–H groups in total. The monoisotopic (exact) mass is 244 g/mol. The number of carboxylic acids is 2. The molecule has 0 aromatic carbocycles. The Kier molecular flexibility index (Phi) is 5.17. The first-order chi connectivity index (χ1) is 7.64. The van der Waals surface area contributed by atoms with E-state index in [0.29, 0.717) is 6.42 Å². The molecule has 0 aliphatic rings. The third kappa shape index (κ3) is 2.61. The van der Waals surface area contributed by atoms with Gasteiger partial charge < -0.3 is 10.2 Å². The van der Waals surface area contributed by atoms with Crippen LogP contribution < -0.4 is 0 Å². The van der Waals surface area contributed by atoms with Gasteiger partial charge in [-0.25, -0.2) is 0 Å². The van der Waals surface area contributed by atoms with Gasteiger partial charge in [0.1, 0.15) is 0 Å². The van der Waals surface area contributed by atoms with Gasteiger partial charge in [0.15, 0.2) is 5.41 Å². The van der Waals surface area contributed by atoms with Crippen LogP contribution in [0.5, 0.6) is 0 Å². The van der Waals surface area contributed by atoms with Gasteiger partial charge in [-0.2, -0.15) is 0 Å². The van der Waals surface area contributed by atoms with E-state index in [2.05, 4.69) is 0 Å². The molecule has 100 valence electrons. The normalized spacial score (nSPS) is 12.8. The Morgan fingerprint density at radius 3 is 1.76 bits per heavy atom. The van der Waals surface area contributed by atoms with E-state index < -0.39 is 22.8 Å². The van der Waals surface area contributed by atoms with Crippen LogP contribution in [0, 0.1) is 16.7 Å². The summed E-state index contributed by atoms with van der Waals surface area (Å²) in [7, 11) is 0.